The molecule has 1 amide bonds. The van der Waals surface area contributed by atoms with Crippen LogP contribution < -0.4 is 5.43 Å². The van der Waals surface area contributed by atoms with Gasteiger partial charge in [0.15, 0.2) is 0 Å². The summed E-state index contributed by atoms with van der Waals surface area (Å²) < 4.78 is 0. The highest BCUT2D eigenvalue weighted by Gasteiger charge is 2.14. The van der Waals surface area contributed by atoms with Crippen molar-refractivity contribution in [3.8, 4) is 0 Å². The number of thiophene rings is 1. The molecule has 0 unspecified atom stereocenters. The Kier molecular flexibility index (Phi) is 4.44. The molecule has 102 valence electrons. The topological polar surface area (TPSA) is 84.6 Å². The second-order valence-electron chi connectivity index (χ2n) is 3.68. The molecule has 0 aliphatic carbocycles. The molecular formula is C12H8ClN3O3S. The van der Waals surface area contributed by atoms with Crippen LogP contribution in [0.15, 0.2) is 40.1 Å². The van der Waals surface area contributed by atoms with E-state index >= 15 is 0 Å². The molecule has 0 atom stereocenters. The molecule has 2 rings (SSSR count). The van der Waals surface area contributed by atoms with Crippen molar-refractivity contribution in [2.75, 3.05) is 0 Å². The van der Waals surface area contributed by atoms with Crippen molar-refractivity contribution in [1.29, 1.82) is 0 Å². The van der Waals surface area contributed by atoms with E-state index < -0.39 is 10.8 Å². The van der Waals surface area contributed by atoms with E-state index in [1.165, 1.54) is 29.7 Å². The zero-order valence-corrected chi connectivity index (χ0v) is 11.5. The summed E-state index contributed by atoms with van der Waals surface area (Å²) in [5.74, 6) is -0.531. The maximum atomic E-state index is 11.8. The molecule has 0 aliphatic heterocycles. The number of amides is 1. The van der Waals surface area contributed by atoms with Crippen molar-refractivity contribution in [3.05, 3.63) is 61.3 Å². The van der Waals surface area contributed by atoms with Crippen LogP contribution in [0.4, 0.5) is 5.69 Å². The summed E-state index contributed by atoms with van der Waals surface area (Å²) >= 11 is 7.34. The van der Waals surface area contributed by atoms with Crippen LogP contribution in [-0.2, 0) is 0 Å². The van der Waals surface area contributed by atoms with E-state index in [1.54, 1.807) is 0 Å². The van der Waals surface area contributed by atoms with Gasteiger partial charge in [-0.2, -0.15) is 16.4 Å². The Morgan fingerprint density at radius 3 is 2.85 bits per heavy atom. The van der Waals surface area contributed by atoms with Gasteiger partial charge in [-0.25, -0.2) is 5.43 Å². The lowest BCUT2D eigenvalue weighted by molar-refractivity contribution is -0.384. The van der Waals surface area contributed by atoms with E-state index in [4.69, 9.17) is 11.6 Å². The van der Waals surface area contributed by atoms with Crippen molar-refractivity contribution in [1.82, 2.24) is 5.43 Å². The average Bonchev–Trinajstić information content (AvgIpc) is 2.91. The summed E-state index contributed by atoms with van der Waals surface area (Å²) in [6, 6.07) is 5.47. The van der Waals surface area contributed by atoms with Gasteiger partial charge in [0.2, 0.25) is 0 Å². The molecule has 0 aliphatic rings. The van der Waals surface area contributed by atoms with Crippen LogP contribution in [-0.4, -0.2) is 17.0 Å². The highest BCUT2D eigenvalue weighted by Crippen LogP contribution is 2.22. The predicted octanol–water partition coefficient (Wildman–Crippen LogP) is 3.07. The Labute approximate surface area is 122 Å². The average molecular weight is 310 g/mol. The molecular weight excluding hydrogens is 302 g/mol. The highest BCUT2D eigenvalue weighted by molar-refractivity contribution is 7.08. The van der Waals surface area contributed by atoms with Gasteiger partial charge >= 0.3 is 0 Å². The lowest BCUT2D eigenvalue weighted by Gasteiger charge is -2.02. The zero-order valence-electron chi connectivity index (χ0n) is 9.95. The van der Waals surface area contributed by atoms with E-state index in [0.29, 0.717) is 0 Å². The minimum atomic E-state index is -0.581. The summed E-state index contributed by atoms with van der Waals surface area (Å²) in [6.07, 6.45) is 1.49. The fourth-order valence-electron chi connectivity index (χ4n) is 1.38. The number of hydrazone groups is 1. The standard InChI is InChI=1S/C12H8ClN3O3S/c13-11-5-9(16(18)19)1-2-10(11)12(17)15-14-6-8-3-4-20-7-8/h1-7H,(H,15,17). The van der Waals surface area contributed by atoms with Crippen molar-refractivity contribution < 1.29 is 9.72 Å². The van der Waals surface area contributed by atoms with Gasteiger partial charge in [0.05, 0.1) is 21.7 Å². The van der Waals surface area contributed by atoms with Gasteiger partial charge in [0.1, 0.15) is 0 Å². The van der Waals surface area contributed by atoms with Gasteiger partial charge in [-0.05, 0) is 22.9 Å². The summed E-state index contributed by atoms with van der Waals surface area (Å²) in [5.41, 5.74) is 3.13. The molecule has 0 fully saturated rings. The van der Waals surface area contributed by atoms with Crippen LogP contribution in [0.5, 0.6) is 0 Å². The Morgan fingerprint density at radius 2 is 2.25 bits per heavy atom. The molecule has 1 N–H and O–H groups in total. The van der Waals surface area contributed by atoms with E-state index in [2.05, 4.69) is 10.5 Å². The summed E-state index contributed by atoms with van der Waals surface area (Å²) in [5, 5.41) is 18.1. The summed E-state index contributed by atoms with van der Waals surface area (Å²) in [4.78, 5) is 21.8. The molecule has 1 aromatic heterocycles. The molecule has 0 spiro atoms. The molecule has 6 nitrogen and oxygen atoms in total. The number of hydrogen-bond acceptors (Lipinski definition) is 5. The number of hydrogen-bond donors (Lipinski definition) is 1. The van der Waals surface area contributed by atoms with E-state index in [9.17, 15) is 14.9 Å². The van der Waals surface area contributed by atoms with Gasteiger partial charge in [-0.1, -0.05) is 11.6 Å². The number of rotatable bonds is 4. The first-order chi connectivity index (χ1) is 9.58. The van der Waals surface area contributed by atoms with Gasteiger partial charge in [-0.3, -0.25) is 14.9 Å². The number of nitrogens with one attached hydrogen (secondary N) is 1. The molecule has 0 bridgehead atoms. The van der Waals surface area contributed by atoms with Crippen LogP contribution in [0.3, 0.4) is 0 Å². The van der Waals surface area contributed by atoms with Gasteiger partial charge in [0, 0.05) is 17.7 Å². The third-order valence-corrected chi connectivity index (χ3v) is 3.35. The number of nitrogens with zero attached hydrogens (tertiary/aromatic N) is 2. The SMILES string of the molecule is O=C(NN=Cc1ccsc1)c1ccc([N+](=O)[O-])cc1Cl. The first-order valence-corrected chi connectivity index (χ1v) is 6.69. The van der Waals surface area contributed by atoms with Crippen LogP contribution in [0.1, 0.15) is 15.9 Å². The van der Waals surface area contributed by atoms with Crippen molar-refractivity contribution in [2.45, 2.75) is 0 Å². The second kappa shape index (κ2) is 6.27. The molecule has 0 radical (unpaired) electrons. The summed E-state index contributed by atoms with van der Waals surface area (Å²) in [7, 11) is 0. The lowest BCUT2D eigenvalue weighted by atomic mass is 10.2. The largest absolute Gasteiger partial charge is 0.272 e. The Bertz CT molecular complexity index is 671. The smallest absolute Gasteiger partial charge is 0.267 e. The number of benzene rings is 1. The Morgan fingerprint density at radius 1 is 1.45 bits per heavy atom. The van der Waals surface area contributed by atoms with Crippen LogP contribution in [0.25, 0.3) is 0 Å². The van der Waals surface area contributed by atoms with Crippen molar-refractivity contribution in [3.63, 3.8) is 0 Å². The fraction of sp³-hybridized carbons (Fsp3) is 0. The zero-order chi connectivity index (χ0) is 14.5. The van der Waals surface area contributed by atoms with Crippen molar-refractivity contribution >= 4 is 40.7 Å². The lowest BCUT2D eigenvalue weighted by Crippen LogP contribution is -2.18. The van der Waals surface area contributed by atoms with E-state index in [0.717, 1.165) is 11.6 Å². The number of nitro groups is 1. The van der Waals surface area contributed by atoms with Crippen molar-refractivity contribution in [2.24, 2.45) is 5.10 Å². The number of halogens is 1. The maximum Gasteiger partial charge on any atom is 0.272 e. The predicted molar refractivity (Wildman–Crippen MR) is 77.5 cm³/mol. The second-order valence-corrected chi connectivity index (χ2v) is 4.86. The fourth-order valence-corrected chi connectivity index (χ4v) is 2.25. The quantitative estimate of drug-likeness (QED) is 0.535. The first kappa shape index (κ1) is 14.2. The van der Waals surface area contributed by atoms with Gasteiger partial charge in [0.25, 0.3) is 11.6 Å². The Hall–Kier alpha value is -2.25. The van der Waals surface area contributed by atoms with Crippen LogP contribution >= 0.6 is 22.9 Å². The van der Waals surface area contributed by atoms with Crippen LogP contribution in [0, 0.1) is 10.1 Å². The first-order valence-electron chi connectivity index (χ1n) is 5.37. The highest BCUT2D eigenvalue weighted by atomic mass is 35.5. The van der Waals surface area contributed by atoms with Crippen LogP contribution in [0.2, 0.25) is 5.02 Å². The minimum Gasteiger partial charge on any atom is -0.267 e. The third-order valence-electron chi connectivity index (χ3n) is 2.33. The number of non-ortho nitro benzene ring substituents is 1. The molecule has 1 aromatic carbocycles. The maximum absolute atomic E-state index is 11.8. The van der Waals surface area contributed by atoms with Gasteiger partial charge in [-0.15, -0.1) is 0 Å². The molecule has 0 saturated carbocycles. The molecule has 1 heterocycles. The minimum absolute atomic E-state index is 0.00225. The monoisotopic (exact) mass is 309 g/mol. The molecule has 8 heteroatoms. The normalized spacial score (nSPS) is 10.7. The molecule has 20 heavy (non-hydrogen) atoms. The number of carbonyl (C=O) groups excluding carboxylic acids is 1. The van der Waals surface area contributed by atoms with E-state index in [-0.39, 0.29) is 16.3 Å². The third kappa shape index (κ3) is 3.40. The number of carbonyl (C=O) groups is 1. The molecule has 2 aromatic rings. The number of nitro benzene ring substituents is 1. The van der Waals surface area contributed by atoms with E-state index in [1.807, 2.05) is 16.8 Å². The molecule has 0 saturated heterocycles. The van der Waals surface area contributed by atoms with Gasteiger partial charge < -0.3 is 0 Å². The summed E-state index contributed by atoms with van der Waals surface area (Å²) in [6.45, 7) is 0. The Balaban J connectivity index is 2.08.